The van der Waals surface area contributed by atoms with Crippen molar-refractivity contribution in [1.82, 2.24) is 9.88 Å². The Bertz CT molecular complexity index is 1760. The lowest BCUT2D eigenvalue weighted by atomic mass is 9.90. The number of ether oxygens (including phenoxy) is 1. The highest BCUT2D eigenvalue weighted by molar-refractivity contribution is 5.82. The van der Waals surface area contributed by atoms with Gasteiger partial charge < -0.3 is 19.7 Å². The van der Waals surface area contributed by atoms with Crippen LogP contribution in [0.15, 0.2) is 41.3 Å². The summed E-state index contributed by atoms with van der Waals surface area (Å²) in [5, 5.41) is 12.3. The van der Waals surface area contributed by atoms with Crippen LogP contribution in [0.3, 0.4) is 0 Å². The number of pyridine rings is 1. The van der Waals surface area contributed by atoms with Gasteiger partial charge in [-0.2, -0.15) is 13.2 Å². The highest BCUT2D eigenvalue weighted by Gasteiger charge is 2.37. The average molecular weight is 659 g/mol. The molecule has 1 aromatic heterocycles. The number of terminal acetylenes is 1. The van der Waals surface area contributed by atoms with Crippen LogP contribution >= 0.6 is 0 Å². The van der Waals surface area contributed by atoms with Crippen molar-refractivity contribution in [1.29, 1.82) is 0 Å². The molecule has 1 aliphatic heterocycles. The molecule has 12 heteroatoms. The van der Waals surface area contributed by atoms with E-state index in [4.69, 9.17) is 11.2 Å². The van der Waals surface area contributed by atoms with Crippen molar-refractivity contribution in [3.05, 3.63) is 91.9 Å². The zero-order valence-corrected chi connectivity index (χ0v) is 26.3. The number of rotatable bonds is 11. The molecule has 0 spiro atoms. The first-order chi connectivity index (χ1) is 22.0. The number of nitrogens with zero attached hydrogens (tertiary/aromatic N) is 1. The van der Waals surface area contributed by atoms with Crippen molar-refractivity contribution in [3.63, 3.8) is 0 Å². The fourth-order valence-electron chi connectivity index (χ4n) is 5.97. The minimum atomic E-state index is -4.82. The molecule has 0 unspecified atom stereocenters. The number of aromatic nitrogens is 1. The minimum absolute atomic E-state index is 0.00499. The van der Waals surface area contributed by atoms with Gasteiger partial charge in [-0.1, -0.05) is 19.8 Å². The standard InChI is InChI=1S/C35H35F5N2O5/c1-6-22-11-23(32-19(4)8-25(36)9-20(32)5)12-26(33(22)37)28(14-31(44)45)41-34(46)29(7-18(2)3)42-15-24(10-21-16-47-17-21)27(13-30(42)43)35(38,39)40/h1,8-9,11-13,15,18,21,28-29H,7,10,14,16-17H2,2-5H3,(H,41,46)(H,44,45)/t28-,29-/m1/s1. The first-order valence-corrected chi connectivity index (χ1v) is 15.0. The van der Waals surface area contributed by atoms with Crippen molar-refractivity contribution in [2.45, 2.75) is 65.2 Å². The van der Waals surface area contributed by atoms with Gasteiger partial charge in [-0.3, -0.25) is 14.4 Å². The van der Waals surface area contributed by atoms with Gasteiger partial charge in [-0.25, -0.2) is 8.78 Å². The molecule has 0 aliphatic carbocycles. The highest BCUT2D eigenvalue weighted by Crippen LogP contribution is 2.36. The number of amides is 1. The first kappa shape index (κ1) is 35.4. The van der Waals surface area contributed by atoms with Crippen LogP contribution in [-0.4, -0.2) is 34.8 Å². The summed E-state index contributed by atoms with van der Waals surface area (Å²) < 4.78 is 77.7. The monoisotopic (exact) mass is 658 g/mol. The first-order valence-electron chi connectivity index (χ1n) is 15.0. The van der Waals surface area contributed by atoms with Gasteiger partial charge in [-0.15, -0.1) is 6.42 Å². The molecule has 0 bridgehead atoms. The Hall–Kier alpha value is -4.50. The van der Waals surface area contributed by atoms with Crippen LogP contribution < -0.4 is 10.9 Å². The van der Waals surface area contributed by atoms with Gasteiger partial charge in [0.1, 0.15) is 17.7 Å². The lowest BCUT2D eigenvalue weighted by molar-refractivity contribution is -0.139. The van der Waals surface area contributed by atoms with Crippen LogP contribution in [0.2, 0.25) is 0 Å². The molecule has 2 atom stereocenters. The number of carbonyl (C=O) groups is 2. The lowest BCUT2D eigenvalue weighted by Gasteiger charge is -2.29. The number of alkyl halides is 3. The number of aliphatic carboxylic acids is 1. The molecule has 1 fully saturated rings. The number of nitrogens with one attached hydrogen (secondary N) is 1. The molecule has 2 heterocycles. The molecule has 1 aliphatic rings. The van der Waals surface area contributed by atoms with E-state index in [9.17, 15) is 37.1 Å². The SMILES string of the molecule is C#Cc1cc(-c2c(C)cc(F)cc2C)cc([C@@H](CC(=O)O)NC(=O)[C@@H](CC(C)C)n2cc(CC3COC3)c(C(F)(F)F)cc2=O)c1F. The molecule has 4 rings (SSSR count). The fraction of sp³-hybridized carbons (Fsp3) is 0.400. The van der Waals surface area contributed by atoms with Crippen LogP contribution in [0, 0.1) is 49.7 Å². The normalized spacial score (nSPS) is 14.7. The van der Waals surface area contributed by atoms with Gasteiger partial charge in [0.15, 0.2) is 0 Å². The number of halogens is 5. The fourth-order valence-corrected chi connectivity index (χ4v) is 5.97. The number of carboxylic acids is 1. The minimum Gasteiger partial charge on any atom is -0.481 e. The predicted octanol–water partition coefficient (Wildman–Crippen LogP) is 6.52. The Balaban J connectivity index is 1.82. The number of carboxylic acid groups (broad SMARTS) is 1. The van der Waals surface area contributed by atoms with E-state index in [0.717, 1.165) is 10.8 Å². The van der Waals surface area contributed by atoms with E-state index in [1.807, 2.05) is 0 Å². The van der Waals surface area contributed by atoms with Gasteiger partial charge in [0.25, 0.3) is 5.56 Å². The zero-order chi connectivity index (χ0) is 34.8. The molecule has 47 heavy (non-hydrogen) atoms. The molecule has 250 valence electrons. The maximum Gasteiger partial charge on any atom is 0.416 e. The lowest BCUT2D eigenvalue weighted by Crippen LogP contribution is -2.41. The number of hydrogen-bond acceptors (Lipinski definition) is 4. The van der Waals surface area contributed by atoms with E-state index in [1.165, 1.54) is 24.3 Å². The Kier molecular flexibility index (Phi) is 10.6. The summed E-state index contributed by atoms with van der Waals surface area (Å²) in [4.78, 5) is 39.1. The summed E-state index contributed by atoms with van der Waals surface area (Å²) in [5.74, 6) is -1.95. The van der Waals surface area contributed by atoms with Crippen LogP contribution in [0.5, 0.6) is 0 Å². The maximum absolute atomic E-state index is 15.8. The van der Waals surface area contributed by atoms with Crippen molar-refractivity contribution in [2.24, 2.45) is 11.8 Å². The van der Waals surface area contributed by atoms with Gasteiger partial charge in [0.2, 0.25) is 5.91 Å². The molecule has 0 radical (unpaired) electrons. The zero-order valence-electron chi connectivity index (χ0n) is 26.3. The van der Waals surface area contributed by atoms with Crippen molar-refractivity contribution in [2.75, 3.05) is 13.2 Å². The topological polar surface area (TPSA) is 97.6 Å². The smallest absolute Gasteiger partial charge is 0.416 e. The predicted molar refractivity (Wildman–Crippen MR) is 165 cm³/mol. The van der Waals surface area contributed by atoms with E-state index >= 15 is 4.39 Å². The Morgan fingerprint density at radius 3 is 2.26 bits per heavy atom. The second kappa shape index (κ2) is 14.1. The van der Waals surface area contributed by atoms with Crippen molar-refractivity contribution < 1.29 is 41.4 Å². The van der Waals surface area contributed by atoms with E-state index in [2.05, 4.69) is 11.2 Å². The summed E-state index contributed by atoms with van der Waals surface area (Å²) >= 11 is 0. The van der Waals surface area contributed by atoms with Crippen molar-refractivity contribution >= 4 is 11.9 Å². The number of aryl methyl sites for hydroxylation is 2. The van der Waals surface area contributed by atoms with Crippen LogP contribution in [0.1, 0.15) is 72.2 Å². The molecular weight excluding hydrogens is 623 g/mol. The van der Waals surface area contributed by atoms with Gasteiger partial charge in [0.05, 0.1) is 36.8 Å². The van der Waals surface area contributed by atoms with E-state index in [1.54, 1.807) is 27.7 Å². The summed E-state index contributed by atoms with van der Waals surface area (Å²) in [7, 11) is 0. The van der Waals surface area contributed by atoms with E-state index in [-0.39, 0.29) is 54.6 Å². The molecule has 0 saturated carbocycles. The third-order valence-corrected chi connectivity index (χ3v) is 8.13. The van der Waals surface area contributed by atoms with Crippen molar-refractivity contribution in [3.8, 4) is 23.5 Å². The van der Waals surface area contributed by atoms with Gasteiger partial charge in [-0.05, 0) is 84.7 Å². The van der Waals surface area contributed by atoms with Crippen LogP contribution in [0.4, 0.5) is 22.0 Å². The maximum atomic E-state index is 15.8. The average Bonchev–Trinajstić information content (AvgIpc) is 2.93. The summed E-state index contributed by atoms with van der Waals surface area (Å²) in [5.41, 5.74) is -0.960. The summed E-state index contributed by atoms with van der Waals surface area (Å²) in [6.07, 6.45) is 0.963. The molecule has 2 aromatic carbocycles. The third-order valence-electron chi connectivity index (χ3n) is 8.13. The van der Waals surface area contributed by atoms with Gasteiger partial charge >= 0.3 is 12.1 Å². The largest absolute Gasteiger partial charge is 0.481 e. The van der Waals surface area contributed by atoms with E-state index in [0.29, 0.717) is 28.3 Å². The Morgan fingerprint density at radius 2 is 1.74 bits per heavy atom. The highest BCUT2D eigenvalue weighted by atomic mass is 19.4. The number of benzene rings is 2. The van der Waals surface area contributed by atoms with E-state index < -0.39 is 59.3 Å². The number of carbonyl (C=O) groups excluding carboxylic acids is 1. The third kappa shape index (κ3) is 8.08. The second-order valence-corrected chi connectivity index (χ2v) is 12.4. The molecule has 7 nitrogen and oxygen atoms in total. The number of hydrogen-bond donors (Lipinski definition) is 2. The van der Waals surface area contributed by atoms with Gasteiger partial charge in [0, 0.05) is 23.7 Å². The Labute approximate surface area is 268 Å². The van der Waals surface area contributed by atoms with Crippen LogP contribution in [0.25, 0.3) is 11.1 Å². The molecular formula is C35H35F5N2O5. The quantitative estimate of drug-likeness (QED) is 0.181. The van der Waals surface area contributed by atoms with Crippen LogP contribution in [-0.2, 0) is 26.9 Å². The second-order valence-electron chi connectivity index (χ2n) is 12.4. The molecule has 1 amide bonds. The molecule has 1 saturated heterocycles. The summed E-state index contributed by atoms with van der Waals surface area (Å²) in [6.45, 7) is 7.28. The Morgan fingerprint density at radius 1 is 1.11 bits per heavy atom. The summed E-state index contributed by atoms with van der Waals surface area (Å²) in [6, 6.07) is 2.85. The molecule has 3 aromatic rings. The molecule has 2 N–H and O–H groups in total.